The summed E-state index contributed by atoms with van der Waals surface area (Å²) in [6.07, 6.45) is 0. The van der Waals surface area contributed by atoms with Gasteiger partial charge in [-0.25, -0.2) is 0 Å². The van der Waals surface area contributed by atoms with E-state index < -0.39 is 0 Å². The molecule has 4 heteroatoms. The summed E-state index contributed by atoms with van der Waals surface area (Å²) in [4.78, 5) is 0. The predicted octanol–water partition coefficient (Wildman–Crippen LogP) is 1.94. The lowest BCUT2D eigenvalue weighted by Gasteiger charge is -2.05. The van der Waals surface area contributed by atoms with Crippen LogP contribution in [0.15, 0.2) is 16.5 Å². The van der Waals surface area contributed by atoms with Gasteiger partial charge in [-0.3, -0.25) is 0 Å². The van der Waals surface area contributed by atoms with Crippen LogP contribution in [0, 0.1) is 0 Å². The van der Waals surface area contributed by atoms with Crippen LogP contribution in [0.3, 0.4) is 0 Å². The Kier molecular flexibility index (Phi) is 6.15. The number of hydrogen-bond donors (Lipinski definition) is 1. The summed E-state index contributed by atoms with van der Waals surface area (Å²) in [5, 5.41) is 3.30. The van der Waals surface area contributed by atoms with Gasteiger partial charge in [0.05, 0.1) is 19.8 Å². The van der Waals surface area contributed by atoms with Gasteiger partial charge in [0.2, 0.25) is 0 Å². The fourth-order valence-corrected chi connectivity index (χ4v) is 1.21. The van der Waals surface area contributed by atoms with Crippen LogP contribution in [0.1, 0.15) is 25.4 Å². The lowest BCUT2D eigenvalue weighted by molar-refractivity contribution is 0.0533. The van der Waals surface area contributed by atoms with Gasteiger partial charge in [-0.15, -0.1) is 0 Å². The van der Waals surface area contributed by atoms with Crippen molar-refractivity contribution in [3.8, 4) is 0 Å². The number of ether oxygens (including phenoxy) is 2. The molecule has 0 bridgehead atoms. The molecule has 0 aliphatic heterocycles. The van der Waals surface area contributed by atoms with E-state index in [2.05, 4.69) is 19.2 Å². The number of hydrogen-bond acceptors (Lipinski definition) is 4. The first-order valence-electron chi connectivity index (χ1n) is 5.60. The van der Waals surface area contributed by atoms with Crippen molar-refractivity contribution in [2.24, 2.45) is 0 Å². The molecule has 92 valence electrons. The van der Waals surface area contributed by atoms with Gasteiger partial charge in [0.15, 0.2) is 0 Å². The Morgan fingerprint density at radius 2 is 2.00 bits per heavy atom. The highest BCUT2D eigenvalue weighted by molar-refractivity contribution is 5.06. The van der Waals surface area contributed by atoms with Crippen molar-refractivity contribution in [2.45, 2.75) is 33.0 Å². The number of methoxy groups -OCH3 is 1. The molecule has 0 fully saturated rings. The van der Waals surface area contributed by atoms with Crippen molar-refractivity contribution in [3.63, 3.8) is 0 Å². The predicted molar refractivity (Wildman–Crippen MR) is 62.2 cm³/mol. The molecule has 0 aliphatic rings. The molecule has 1 aromatic rings. The third-order valence-electron chi connectivity index (χ3n) is 2.08. The minimum atomic E-state index is 0.464. The van der Waals surface area contributed by atoms with Crippen LogP contribution < -0.4 is 5.32 Å². The fraction of sp³-hybridized carbons (Fsp3) is 0.667. The molecule has 0 radical (unpaired) electrons. The molecule has 0 aromatic carbocycles. The monoisotopic (exact) mass is 227 g/mol. The Bertz CT molecular complexity index is 284. The first-order valence-corrected chi connectivity index (χ1v) is 5.60. The third-order valence-corrected chi connectivity index (χ3v) is 2.08. The summed E-state index contributed by atoms with van der Waals surface area (Å²) >= 11 is 0. The molecule has 0 amide bonds. The molecule has 0 aliphatic carbocycles. The maximum atomic E-state index is 5.59. The lowest BCUT2D eigenvalue weighted by atomic mass is 10.3. The van der Waals surface area contributed by atoms with Gasteiger partial charge in [0.25, 0.3) is 0 Å². The van der Waals surface area contributed by atoms with E-state index in [1.54, 1.807) is 7.11 Å². The molecule has 0 spiro atoms. The summed E-state index contributed by atoms with van der Waals surface area (Å²) in [6, 6.07) is 4.39. The summed E-state index contributed by atoms with van der Waals surface area (Å²) in [5.41, 5.74) is 0. The van der Waals surface area contributed by atoms with Crippen LogP contribution >= 0.6 is 0 Å². The van der Waals surface area contributed by atoms with Gasteiger partial charge in [0, 0.05) is 13.2 Å². The molecular formula is C12H21NO3. The van der Waals surface area contributed by atoms with E-state index in [0.717, 1.165) is 18.1 Å². The van der Waals surface area contributed by atoms with Crippen LogP contribution in [0.2, 0.25) is 0 Å². The summed E-state index contributed by atoms with van der Waals surface area (Å²) in [7, 11) is 1.66. The first-order chi connectivity index (χ1) is 7.72. The van der Waals surface area contributed by atoms with Crippen LogP contribution in [0.5, 0.6) is 0 Å². The minimum absolute atomic E-state index is 0.464. The molecule has 1 rings (SSSR count). The zero-order chi connectivity index (χ0) is 11.8. The molecule has 1 heterocycles. The Hall–Kier alpha value is -0.840. The standard InChI is InChI=1S/C12H21NO3/c1-10(2)13-8-11-4-5-12(16-11)9-15-7-6-14-3/h4-5,10,13H,6-9H2,1-3H3. The Morgan fingerprint density at radius 1 is 1.25 bits per heavy atom. The average molecular weight is 227 g/mol. The second-order valence-corrected chi connectivity index (χ2v) is 3.95. The number of rotatable bonds is 8. The van der Waals surface area contributed by atoms with Crippen LogP contribution in [-0.4, -0.2) is 26.4 Å². The van der Waals surface area contributed by atoms with E-state index in [9.17, 15) is 0 Å². The molecule has 16 heavy (non-hydrogen) atoms. The molecule has 0 unspecified atom stereocenters. The molecule has 1 N–H and O–H groups in total. The van der Waals surface area contributed by atoms with Gasteiger partial charge < -0.3 is 19.2 Å². The van der Waals surface area contributed by atoms with Crippen molar-refractivity contribution in [3.05, 3.63) is 23.7 Å². The molecule has 0 atom stereocenters. The summed E-state index contributed by atoms with van der Waals surface area (Å²) in [5.74, 6) is 1.80. The van der Waals surface area contributed by atoms with Crippen molar-refractivity contribution in [2.75, 3.05) is 20.3 Å². The smallest absolute Gasteiger partial charge is 0.129 e. The zero-order valence-electron chi connectivity index (χ0n) is 10.3. The van der Waals surface area contributed by atoms with Gasteiger partial charge in [-0.2, -0.15) is 0 Å². The van der Waals surface area contributed by atoms with Gasteiger partial charge in [-0.1, -0.05) is 13.8 Å². The van der Waals surface area contributed by atoms with Gasteiger partial charge >= 0.3 is 0 Å². The Balaban J connectivity index is 2.22. The highest BCUT2D eigenvalue weighted by Gasteiger charge is 2.02. The molecular weight excluding hydrogens is 206 g/mol. The maximum absolute atomic E-state index is 5.59. The molecule has 0 saturated carbocycles. The number of furan rings is 1. The van der Waals surface area contributed by atoms with Crippen LogP contribution in [-0.2, 0) is 22.6 Å². The van der Waals surface area contributed by atoms with Crippen molar-refractivity contribution in [1.29, 1.82) is 0 Å². The first kappa shape index (κ1) is 13.2. The quantitative estimate of drug-likeness (QED) is 0.689. The normalized spacial score (nSPS) is 11.2. The zero-order valence-corrected chi connectivity index (χ0v) is 10.3. The SMILES string of the molecule is COCCOCc1ccc(CNC(C)C)o1. The minimum Gasteiger partial charge on any atom is -0.462 e. The fourth-order valence-electron chi connectivity index (χ4n) is 1.21. The van der Waals surface area contributed by atoms with E-state index in [-0.39, 0.29) is 0 Å². The summed E-state index contributed by atoms with van der Waals surface area (Å²) < 4.78 is 15.8. The second-order valence-electron chi connectivity index (χ2n) is 3.95. The number of nitrogens with one attached hydrogen (secondary N) is 1. The molecule has 0 saturated heterocycles. The highest BCUT2D eigenvalue weighted by Crippen LogP contribution is 2.09. The van der Waals surface area contributed by atoms with Gasteiger partial charge in [0.1, 0.15) is 18.1 Å². The highest BCUT2D eigenvalue weighted by atomic mass is 16.5. The topological polar surface area (TPSA) is 43.6 Å². The maximum Gasteiger partial charge on any atom is 0.129 e. The van der Waals surface area contributed by atoms with Crippen molar-refractivity contribution in [1.82, 2.24) is 5.32 Å². The molecule has 1 aromatic heterocycles. The third kappa shape index (κ3) is 5.30. The van der Waals surface area contributed by atoms with E-state index in [1.807, 2.05) is 12.1 Å². The lowest BCUT2D eigenvalue weighted by Crippen LogP contribution is -2.21. The van der Waals surface area contributed by atoms with E-state index in [4.69, 9.17) is 13.9 Å². The van der Waals surface area contributed by atoms with Crippen LogP contribution in [0.4, 0.5) is 0 Å². The van der Waals surface area contributed by atoms with E-state index >= 15 is 0 Å². The van der Waals surface area contributed by atoms with Crippen molar-refractivity contribution >= 4 is 0 Å². The Labute approximate surface area is 96.9 Å². The van der Waals surface area contributed by atoms with Gasteiger partial charge in [-0.05, 0) is 12.1 Å². The second kappa shape index (κ2) is 7.44. The van der Waals surface area contributed by atoms with E-state index in [0.29, 0.717) is 25.9 Å². The average Bonchev–Trinajstić information content (AvgIpc) is 2.70. The van der Waals surface area contributed by atoms with E-state index in [1.165, 1.54) is 0 Å². The van der Waals surface area contributed by atoms with Crippen LogP contribution in [0.25, 0.3) is 0 Å². The Morgan fingerprint density at radius 3 is 2.69 bits per heavy atom. The van der Waals surface area contributed by atoms with Crippen molar-refractivity contribution < 1.29 is 13.9 Å². The largest absolute Gasteiger partial charge is 0.462 e. The molecule has 4 nitrogen and oxygen atoms in total. The summed E-state index contributed by atoms with van der Waals surface area (Å²) in [6.45, 7) is 6.69.